The number of halogens is 2. The summed E-state index contributed by atoms with van der Waals surface area (Å²) in [6, 6.07) is 2.52. The van der Waals surface area contributed by atoms with Gasteiger partial charge in [-0.15, -0.1) is 11.8 Å². The molecule has 1 atom stereocenters. The summed E-state index contributed by atoms with van der Waals surface area (Å²) in [5.41, 5.74) is 0.396. The predicted octanol–water partition coefficient (Wildman–Crippen LogP) is 2.58. The standard InChI is InChI=1S/C11H10BrFN2O3S/c12-7-3-6(13)1-2-8(7)14-11(18)15-5-19-4-9(15)10(16)17/h1-3,9H,4-5H2,(H,14,18)(H,16,17)/t9-/m0/s1. The predicted molar refractivity (Wildman–Crippen MR) is 73.7 cm³/mol. The first-order valence-corrected chi connectivity index (χ1v) is 7.27. The first-order valence-electron chi connectivity index (χ1n) is 5.32. The van der Waals surface area contributed by atoms with Gasteiger partial charge in [0.1, 0.15) is 11.9 Å². The van der Waals surface area contributed by atoms with Crippen LogP contribution in [0.1, 0.15) is 0 Å². The lowest BCUT2D eigenvalue weighted by atomic mass is 10.3. The maximum Gasteiger partial charge on any atom is 0.327 e. The van der Waals surface area contributed by atoms with E-state index in [1.54, 1.807) is 0 Å². The van der Waals surface area contributed by atoms with Crippen molar-refractivity contribution >= 4 is 45.4 Å². The smallest absolute Gasteiger partial charge is 0.327 e. The summed E-state index contributed by atoms with van der Waals surface area (Å²) in [6.07, 6.45) is 0. The van der Waals surface area contributed by atoms with Gasteiger partial charge in [-0.25, -0.2) is 14.0 Å². The van der Waals surface area contributed by atoms with Gasteiger partial charge in [0.15, 0.2) is 0 Å². The van der Waals surface area contributed by atoms with Crippen molar-refractivity contribution in [1.29, 1.82) is 0 Å². The maximum atomic E-state index is 12.9. The molecule has 1 aromatic rings. The molecular weight excluding hydrogens is 339 g/mol. The van der Waals surface area contributed by atoms with Crippen LogP contribution in [0, 0.1) is 5.82 Å². The van der Waals surface area contributed by atoms with Crippen molar-refractivity contribution in [3.63, 3.8) is 0 Å². The summed E-state index contributed by atoms with van der Waals surface area (Å²) < 4.78 is 13.3. The Kier molecular flexibility index (Phi) is 4.31. The van der Waals surface area contributed by atoms with E-state index >= 15 is 0 Å². The summed E-state index contributed by atoms with van der Waals surface area (Å²) in [5.74, 6) is -0.766. The topological polar surface area (TPSA) is 69.6 Å². The molecule has 1 heterocycles. The number of nitrogens with one attached hydrogen (secondary N) is 1. The van der Waals surface area contributed by atoms with Gasteiger partial charge >= 0.3 is 12.0 Å². The van der Waals surface area contributed by atoms with Gasteiger partial charge in [0.2, 0.25) is 0 Å². The van der Waals surface area contributed by atoms with Crippen LogP contribution in [0.5, 0.6) is 0 Å². The average molecular weight is 349 g/mol. The molecule has 0 aliphatic carbocycles. The number of thioether (sulfide) groups is 1. The van der Waals surface area contributed by atoms with Gasteiger partial charge in [-0.1, -0.05) is 0 Å². The minimum absolute atomic E-state index is 0.321. The number of aliphatic carboxylic acids is 1. The number of rotatable bonds is 2. The number of urea groups is 1. The van der Waals surface area contributed by atoms with Crippen molar-refractivity contribution in [3.8, 4) is 0 Å². The number of carbonyl (C=O) groups excluding carboxylic acids is 1. The Bertz CT molecular complexity index is 529. The summed E-state index contributed by atoms with van der Waals surface area (Å²) >= 11 is 4.51. The van der Waals surface area contributed by atoms with Crippen molar-refractivity contribution in [1.82, 2.24) is 4.90 Å². The van der Waals surface area contributed by atoms with Crippen molar-refractivity contribution in [3.05, 3.63) is 28.5 Å². The summed E-state index contributed by atoms with van der Waals surface area (Å²) in [6.45, 7) is 0. The molecule has 2 amide bonds. The van der Waals surface area contributed by atoms with Crippen LogP contribution < -0.4 is 5.32 Å². The van der Waals surface area contributed by atoms with E-state index in [1.165, 1.54) is 34.9 Å². The Morgan fingerprint density at radius 3 is 2.89 bits per heavy atom. The normalized spacial score (nSPS) is 18.4. The third-order valence-electron chi connectivity index (χ3n) is 2.60. The minimum atomic E-state index is -1.03. The molecule has 102 valence electrons. The Hall–Kier alpha value is -1.28. The highest BCUT2D eigenvalue weighted by molar-refractivity contribution is 9.10. The van der Waals surface area contributed by atoms with Crippen LogP contribution in [0.15, 0.2) is 22.7 Å². The van der Waals surface area contributed by atoms with Gasteiger partial charge in [0, 0.05) is 10.2 Å². The zero-order valence-corrected chi connectivity index (χ0v) is 12.0. The minimum Gasteiger partial charge on any atom is -0.480 e. The third kappa shape index (κ3) is 3.19. The number of benzene rings is 1. The fraction of sp³-hybridized carbons (Fsp3) is 0.273. The summed E-state index contributed by atoms with van der Waals surface area (Å²) in [7, 11) is 0. The molecule has 1 saturated heterocycles. The highest BCUT2D eigenvalue weighted by Gasteiger charge is 2.34. The Morgan fingerprint density at radius 2 is 2.26 bits per heavy atom. The number of carboxylic acid groups (broad SMARTS) is 1. The zero-order valence-electron chi connectivity index (χ0n) is 9.60. The molecule has 0 aromatic heterocycles. The second-order valence-corrected chi connectivity index (χ2v) is 5.73. The Morgan fingerprint density at radius 1 is 1.53 bits per heavy atom. The molecule has 1 aromatic carbocycles. The number of hydrogen-bond donors (Lipinski definition) is 2. The molecule has 0 saturated carbocycles. The Balaban J connectivity index is 2.10. The van der Waals surface area contributed by atoms with E-state index in [4.69, 9.17) is 5.11 Å². The fourth-order valence-electron chi connectivity index (χ4n) is 1.63. The molecule has 0 radical (unpaired) electrons. The maximum absolute atomic E-state index is 12.9. The Labute approximate surface area is 121 Å². The monoisotopic (exact) mass is 348 g/mol. The van der Waals surface area contributed by atoms with Gasteiger partial charge in [0.25, 0.3) is 0 Å². The van der Waals surface area contributed by atoms with E-state index in [2.05, 4.69) is 21.2 Å². The number of carbonyl (C=O) groups is 2. The second kappa shape index (κ2) is 5.79. The highest BCUT2D eigenvalue weighted by Crippen LogP contribution is 2.26. The van der Waals surface area contributed by atoms with E-state index in [0.29, 0.717) is 21.8 Å². The first-order chi connectivity index (χ1) is 8.99. The molecule has 0 bridgehead atoms. The number of nitrogens with zero attached hydrogens (tertiary/aromatic N) is 1. The number of anilines is 1. The molecule has 1 fully saturated rings. The van der Waals surface area contributed by atoms with E-state index in [1.807, 2.05) is 0 Å². The molecular formula is C11H10BrFN2O3S. The van der Waals surface area contributed by atoms with E-state index in [-0.39, 0.29) is 0 Å². The van der Waals surface area contributed by atoms with E-state index in [9.17, 15) is 14.0 Å². The summed E-state index contributed by atoms with van der Waals surface area (Å²) in [4.78, 5) is 24.2. The van der Waals surface area contributed by atoms with Crippen molar-refractivity contribution in [2.45, 2.75) is 6.04 Å². The number of carboxylic acids is 1. The van der Waals surface area contributed by atoms with Gasteiger partial charge in [-0.05, 0) is 34.1 Å². The van der Waals surface area contributed by atoms with Crippen LogP contribution in [0.25, 0.3) is 0 Å². The number of hydrogen-bond acceptors (Lipinski definition) is 3. The van der Waals surface area contributed by atoms with Crippen molar-refractivity contribution in [2.24, 2.45) is 0 Å². The zero-order chi connectivity index (χ0) is 14.0. The van der Waals surface area contributed by atoms with Crippen LogP contribution in [-0.4, -0.2) is 39.7 Å². The number of amides is 2. The lowest BCUT2D eigenvalue weighted by Gasteiger charge is -2.21. The van der Waals surface area contributed by atoms with Crippen LogP contribution in [0.4, 0.5) is 14.9 Å². The quantitative estimate of drug-likeness (QED) is 0.861. The van der Waals surface area contributed by atoms with Gasteiger partial charge in [-0.2, -0.15) is 0 Å². The molecule has 0 spiro atoms. The van der Waals surface area contributed by atoms with Crippen LogP contribution >= 0.6 is 27.7 Å². The molecule has 19 heavy (non-hydrogen) atoms. The van der Waals surface area contributed by atoms with E-state index < -0.39 is 23.9 Å². The van der Waals surface area contributed by atoms with Gasteiger partial charge < -0.3 is 15.3 Å². The van der Waals surface area contributed by atoms with Gasteiger partial charge in [-0.3, -0.25) is 0 Å². The molecule has 5 nitrogen and oxygen atoms in total. The largest absolute Gasteiger partial charge is 0.480 e. The fourth-order valence-corrected chi connectivity index (χ4v) is 3.22. The van der Waals surface area contributed by atoms with Crippen LogP contribution in [-0.2, 0) is 4.79 Å². The SMILES string of the molecule is O=C(O)[C@@H]1CSCN1C(=O)Nc1ccc(F)cc1Br. The van der Waals surface area contributed by atoms with Crippen molar-refractivity contribution in [2.75, 3.05) is 16.9 Å². The second-order valence-electron chi connectivity index (χ2n) is 3.88. The van der Waals surface area contributed by atoms with Crippen LogP contribution in [0.2, 0.25) is 0 Å². The molecule has 1 aliphatic rings. The molecule has 0 unspecified atom stereocenters. The molecule has 8 heteroatoms. The average Bonchev–Trinajstić information content (AvgIpc) is 2.82. The highest BCUT2D eigenvalue weighted by atomic mass is 79.9. The molecule has 2 N–H and O–H groups in total. The summed E-state index contributed by atoms with van der Waals surface area (Å²) in [5, 5.41) is 11.6. The van der Waals surface area contributed by atoms with E-state index in [0.717, 1.165) is 0 Å². The van der Waals surface area contributed by atoms with Crippen molar-refractivity contribution < 1.29 is 19.1 Å². The molecule has 2 rings (SSSR count). The molecule has 1 aliphatic heterocycles. The third-order valence-corrected chi connectivity index (χ3v) is 4.27. The first kappa shape index (κ1) is 14.1. The van der Waals surface area contributed by atoms with Crippen LogP contribution in [0.3, 0.4) is 0 Å². The lowest BCUT2D eigenvalue weighted by molar-refractivity contribution is -0.140. The van der Waals surface area contributed by atoms with Gasteiger partial charge in [0.05, 0.1) is 11.6 Å². The lowest BCUT2D eigenvalue weighted by Crippen LogP contribution is -2.44.